The van der Waals surface area contributed by atoms with Gasteiger partial charge in [0.1, 0.15) is 5.75 Å². The lowest BCUT2D eigenvalue weighted by Gasteiger charge is -2.28. The van der Waals surface area contributed by atoms with E-state index in [1.54, 1.807) is 24.3 Å². The molecular weight excluding hydrogens is 440 g/mol. The average Bonchev–Trinajstić information content (AvgIpc) is 2.83. The van der Waals surface area contributed by atoms with Crippen molar-refractivity contribution in [3.05, 3.63) is 65.2 Å². The minimum atomic E-state index is -0.669. The number of amides is 1. The Morgan fingerprint density at radius 2 is 1.74 bits per heavy atom. The fraction of sp³-hybridized carbons (Fsp3) is 0.552. The van der Waals surface area contributed by atoms with Crippen LogP contribution in [0.3, 0.4) is 0 Å². The maximum atomic E-state index is 12.7. The van der Waals surface area contributed by atoms with Crippen LogP contribution in [0.15, 0.2) is 48.5 Å². The van der Waals surface area contributed by atoms with E-state index in [1.807, 2.05) is 12.1 Å². The molecule has 1 fully saturated rings. The topological polar surface area (TPSA) is 102 Å². The summed E-state index contributed by atoms with van der Waals surface area (Å²) in [7, 11) is 0. The molecule has 6 nitrogen and oxygen atoms in total. The van der Waals surface area contributed by atoms with Gasteiger partial charge >= 0.3 is 0 Å². The van der Waals surface area contributed by atoms with Crippen LogP contribution in [0.2, 0.25) is 0 Å². The Morgan fingerprint density at radius 1 is 1.06 bits per heavy atom. The number of β-amino-alcohol motifs (C(OH)–C–C–N with tert-alkyl or cyclic N) is 1. The average molecular weight is 483 g/mol. The molecule has 1 saturated carbocycles. The molecule has 0 radical (unpaired) electrons. The maximum absolute atomic E-state index is 12.7. The molecule has 2 aromatic rings. The maximum Gasteiger partial charge on any atom is 0.224 e. The summed E-state index contributed by atoms with van der Waals surface area (Å²) in [5, 5.41) is 36.1. The quantitative estimate of drug-likeness (QED) is 0.314. The largest absolute Gasteiger partial charge is 0.508 e. The predicted octanol–water partition coefficient (Wildman–Crippen LogP) is 4.03. The zero-order valence-corrected chi connectivity index (χ0v) is 21.2. The highest BCUT2D eigenvalue weighted by Gasteiger charge is 2.22. The smallest absolute Gasteiger partial charge is 0.224 e. The van der Waals surface area contributed by atoms with Crippen molar-refractivity contribution in [3.63, 3.8) is 0 Å². The lowest BCUT2D eigenvalue weighted by Crippen LogP contribution is -2.43. The molecule has 0 aliphatic heterocycles. The van der Waals surface area contributed by atoms with Gasteiger partial charge in [0.15, 0.2) is 0 Å². The van der Waals surface area contributed by atoms with Crippen molar-refractivity contribution >= 4 is 5.91 Å². The van der Waals surface area contributed by atoms with Crippen LogP contribution in [0.1, 0.15) is 75.2 Å². The summed E-state index contributed by atoms with van der Waals surface area (Å²) in [6, 6.07) is 14.5. The van der Waals surface area contributed by atoms with Crippen LogP contribution in [0.25, 0.3) is 0 Å². The van der Waals surface area contributed by atoms with Crippen LogP contribution in [-0.2, 0) is 17.6 Å². The van der Waals surface area contributed by atoms with Gasteiger partial charge in [-0.25, -0.2) is 0 Å². The highest BCUT2D eigenvalue weighted by atomic mass is 16.3. The van der Waals surface area contributed by atoms with Crippen LogP contribution < -0.4 is 10.6 Å². The monoisotopic (exact) mass is 482 g/mol. The molecule has 0 spiro atoms. The molecule has 192 valence electrons. The number of carbonyl (C=O) groups excluding carboxylic acids is 1. The number of nitrogens with one attached hydrogen (secondary N) is 2. The first-order valence-electron chi connectivity index (χ1n) is 12.9. The summed E-state index contributed by atoms with van der Waals surface area (Å²) >= 11 is 0. The number of aliphatic hydroxyl groups is 2. The van der Waals surface area contributed by atoms with Gasteiger partial charge in [0.2, 0.25) is 5.91 Å². The summed E-state index contributed by atoms with van der Waals surface area (Å²) in [5.74, 6) is 0.733. The second-order valence-corrected chi connectivity index (χ2v) is 10.7. The van der Waals surface area contributed by atoms with Gasteiger partial charge in [-0.05, 0) is 61.4 Å². The Kier molecular flexibility index (Phi) is 10.1. The van der Waals surface area contributed by atoms with Crippen LogP contribution in [0, 0.1) is 5.92 Å². The Morgan fingerprint density at radius 3 is 2.43 bits per heavy atom. The van der Waals surface area contributed by atoms with Crippen LogP contribution in [0.4, 0.5) is 0 Å². The number of benzene rings is 2. The third-order valence-corrected chi connectivity index (χ3v) is 6.98. The van der Waals surface area contributed by atoms with Gasteiger partial charge in [-0.2, -0.15) is 0 Å². The van der Waals surface area contributed by atoms with Crippen molar-refractivity contribution in [2.75, 3.05) is 13.2 Å². The van der Waals surface area contributed by atoms with Gasteiger partial charge in [-0.3, -0.25) is 4.79 Å². The first-order valence-corrected chi connectivity index (χ1v) is 12.9. The Labute approximate surface area is 209 Å². The summed E-state index contributed by atoms with van der Waals surface area (Å²) in [5.41, 5.74) is 2.56. The second kappa shape index (κ2) is 13.1. The molecular formula is C29H42N2O4. The number of hydrogen-bond acceptors (Lipinski definition) is 5. The van der Waals surface area contributed by atoms with E-state index >= 15 is 0 Å². The molecule has 6 heteroatoms. The van der Waals surface area contributed by atoms with Crippen molar-refractivity contribution in [3.8, 4) is 5.75 Å². The van der Waals surface area contributed by atoms with E-state index < -0.39 is 6.10 Å². The lowest BCUT2D eigenvalue weighted by atomic mass is 9.85. The van der Waals surface area contributed by atoms with E-state index in [1.165, 1.54) is 32.1 Å². The van der Waals surface area contributed by atoms with Gasteiger partial charge in [0.25, 0.3) is 0 Å². The molecule has 5 N–H and O–H groups in total. The zero-order valence-electron chi connectivity index (χ0n) is 21.2. The number of rotatable bonds is 12. The molecule has 0 bridgehead atoms. The minimum absolute atomic E-state index is 0.0157. The number of aromatic hydroxyl groups is 1. The number of phenolic OH excluding ortho intramolecular Hbond substituents is 1. The molecule has 1 aliphatic rings. The standard InChI is InChI=1S/C29H42N2O4/c1-29(2,30-19-27(34)24-11-13-26(33)14-12-24)18-23-10-6-9-22(15-23)17-28(35)31-25(20-32)16-21-7-4-3-5-8-21/h6,9-15,21,25,27,30,32-34H,3-5,7-8,16-20H2,1-2H3,(H,31,35)/t25?,27-/m1/s1. The van der Waals surface area contributed by atoms with Crippen LogP contribution in [0.5, 0.6) is 5.75 Å². The highest BCUT2D eigenvalue weighted by Crippen LogP contribution is 2.27. The number of phenols is 1. The van der Waals surface area contributed by atoms with Crippen molar-refractivity contribution in [1.29, 1.82) is 0 Å². The van der Waals surface area contributed by atoms with Gasteiger partial charge in [0.05, 0.1) is 25.2 Å². The van der Waals surface area contributed by atoms with Gasteiger partial charge in [0, 0.05) is 12.1 Å². The van der Waals surface area contributed by atoms with E-state index in [4.69, 9.17) is 0 Å². The summed E-state index contributed by atoms with van der Waals surface area (Å²) < 4.78 is 0. The molecule has 0 heterocycles. The van der Waals surface area contributed by atoms with Crippen molar-refractivity contribution < 1.29 is 20.1 Å². The van der Waals surface area contributed by atoms with E-state index in [0.717, 1.165) is 29.5 Å². The van der Waals surface area contributed by atoms with Crippen LogP contribution >= 0.6 is 0 Å². The molecule has 0 saturated heterocycles. The summed E-state index contributed by atoms with van der Waals surface area (Å²) in [4.78, 5) is 12.7. The van der Waals surface area contributed by atoms with Gasteiger partial charge < -0.3 is 26.0 Å². The third kappa shape index (κ3) is 9.28. The summed E-state index contributed by atoms with van der Waals surface area (Å²) in [6.07, 6.45) is 7.43. The third-order valence-electron chi connectivity index (χ3n) is 6.98. The summed E-state index contributed by atoms with van der Waals surface area (Å²) in [6.45, 7) is 4.56. The lowest BCUT2D eigenvalue weighted by molar-refractivity contribution is -0.121. The highest BCUT2D eigenvalue weighted by molar-refractivity contribution is 5.78. The Balaban J connectivity index is 1.49. The zero-order chi connectivity index (χ0) is 25.3. The molecule has 35 heavy (non-hydrogen) atoms. The second-order valence-electron chi connectivity index (χ2n) is 10.7. The number of carbonyl (C=O) groups is 1. The van der Waals surface area contributed by atoms with E-state index in [0.29, 0.717) is 18.9 Å². The molecule has 2 atom stereocenters. The number of hydrogen-bond donors (Lipinski definition) is 5. The van der Waals surface area contributed by atoms with Crippen molar-refractivity contribution in [1.82, 2.24) is 10.6 Å². The molecule has 1 unspecified atom stereocenters. The first-order chi connectivity index (χ1) is 16.7. The number of aliphatic hydroxyl groups excluding tert-OH is 2. The fourth-order valence-electron chi connectivity index (χ4n) is 5.08. The molecule has 1 amide bonds. The molecule has 0 aromatic heterocycles. The SMILES string of the molecule is CC(C)(Cc1cccc(CC(=O)NC(CO)CC2CCCCC2)c1)NC[C@@H](O)c1ccc(O)cc1. The molecule has 2 aromatic carbocycles. The molecule has 1 aliphatic carbocycles. The molecule has 3 rings (SSSR count). The van der Waals surface area contributed by atoms with Gasteiger partial charge in [-0.15, -0.1) is 0 Å². The minimum Gasteiger partial charge on any atom is -0.508 e. The van der Waals surface area contributed by atoms with Crippen molar-refractivity contribution in [2.45, 2.75) is 82.9 Å². The van der Waals surface area contributed by atoms with E-state index in [2.05, 4.69) is 36.6 Å². The van der Waals surface area contributed by atoms with Crippen LogP contribution in [-0.4, -0.2) is 46.0 Å². The Hall–Kier alpha value is -2.41. The first kappa shape index (κ1) is 27.2. The fourth-order valence-corrected chi connectivity index (χ4v) is 5.08. The van der Waals surface area contributed by atoms with Crippen molar-refractivity contribution in [2.24, 2.45) is 5.92 Å². The normalized spacial score (nSPS) is 16.6. The van der Waals surface area contributed by atoms with Gasteiger partial charge in [-0.1, -0.05) is 68.5 Å². The Bertz CT molecular complexity index is 923. The predicted molar refractivity (Wildman–Crippen MR) is 139 cm³/mol. The van der Waals surface area contributed by atoms with E-state index in [9.17, 15) is 20.1 Å². The van der Waals surface area contributed by atoms with E-state index in [-0.39, 0.29) is 29.8 Å².